The van der Waals surface area contributed by atoms with E-state index in [1.54, 1.807) is 48.0 Å². The number of hydrogen-bond acceptors (Lipinski definition) is 7. The Balaban J connectivity index is 1.40. The van der Waals surface area contributed by atoms with Crippen molar-refractivity contribution in [2.75, 3.05) is 43.4 Å². The van der Waals surface area contributed by atoms with Crippen LogP contribution in [0.2, 0.25) is 0 Å². The Labute approximate surface area is 307 Å². The first-order chi connectivity index (χ1) is 24.9. The fourth-order valence-electron chi connectivity index (χ4n) is 6.28. The molecule has 0 unspecified atom stereocenters. The smallest absolute Gasteiger partial charge is 0.321 e. The number of likely N-dealkylation sites (N-methyl/N-ethyl adjacent to an activating group) is 1. The number of fused-ring (bicyclic) bond motifs is 2. The molecular weight excluding hydrogens is 681 g/mol. The number of anilines is 2. The number of carbonyl (C=O) groups excluding carboxylic acids is 2. The monoisotopic (exact) mass is 730 g/mol. The number of sulfonamides is 1. The third kappa shape index (κ3) is 9.61. The predicted octanol–water partition coefficient (Wildman–Crippen LogP) is 6.91. The number of aryl methyl sites for hydroxylation is 1. The van der Waals surface area contributed by atoms with Gasteiger partial charge in [0.05, 0.1) is 41.0 Å². The van der Waals surface area contributed by atoms with Gasteiger partial charge in [-0.15, -0.1) is 0 Å². The first kappa shape index (κ1) is 38.6. The van der Waals surface area contributed by atoms with Gasteiger partial charge >= 0.3 is 6.03 Å². The summed E-state index contributed by atoms with van der Waals surface area (Å²) in [5, 5.41) is 15.3. The van der Waals surface area contributed by atoms with E-state index in [9.17, 15) is 23.1 Å². The average Bonchev–Trinajstić information content (AvgIpc) is 3.12. The van der Waals surface area contributed by atoms with Crippen molar-refractivity contribution in [3.8, 4) is 5.75 Å². The van der Waals surface area contributed by atoms with Crippen molar-refractivity contribution in [1.29, 1.82) is 0 Å². The zero-order valence-electron chi connectivity index (χ0n) is 30.5. The Morgan fingerprint density at radius 3 is 2.50 bits per heavy atom. The first-order valence-corrected chi connectivity index (χ1v) is 19.3. The van der Waals surface area contributed by atoms with Gasteiger partial charge in [0.25, 0.3) is 15.9 Å². The van der Waals surface area contributed by atoms with Crippen LogP contribution in [0.1, 0.15) is 56.0 Å². The van der Waals surface area contributed by atoms with Crippen LogP contribution < -0.4 is 14.8 Å². The molecule has 278 valence electrons. The minimum atomic E-state index is -3.94. The number of benzene rings is 4. The van der Waals surface area contributed by atoms with Gasteiger partial charge in [-0.3, -0.25) is 9.52 Å². The summed E-state index contributed by atoms with van der Waals surface area (Å²) in [6.45, 7) is 8.13. The van der Waals surface area contributed by atoms with E-state index in [0.717, 1.165) is 29.2 Å². The van der Waals surface area contributed by atoms with Crippen LogP contribution in [0, 0.1) is 12.8 Å². The maximum absolute atomic E-state index is 14.5. The normalized spacial score (nSPS) is 19.5. The maximum Gasteiger partial charge on any atom is 0.321 e. The van der Waals surface area contributed by atoms with Crippen LogP contribution in [0.3, 0.4) is 0 Å². The molecule has 0 aromatic heterocycles. The molecular formula is C40H50N4O7S. The highest BCUT2D eigenvalue weighted by atomic mass is 32.2. The summed E-state index contributed by atoms with van der Waals surface area (Å²) in [7, 11) is -2.23. The minimum absolute atomic E-state index is 0.0977. The molecule has 4 aromatic rings. The lowest BCUT2D eigenvalue weighted by atomic mass is 10.0. The second-order valence-corrected chi connectivity index (χ2v) is 15.4. The molecule has 5 rings (SSSR count). The largest absolute Gasteiger partial charge is 0.490 e. The van der Waals surface area contributed by atoms with E-state index in [-0.39, 0.29) is 53.9 Å². The first-order valence-electron chi connectivity index (χ1n) is 17.8. The van der Waals surface area contributed by atoms with Crippen molar-refractivity contribution in [2.24, 2.45) is 5.92 Å². The van der Waals surface area contributed by atoms with E-state index >= 15 is 0 Å². The number of aliphatic hydroxyl groups excluding tert-OH is 1. The maximum atomic E-state index is 14.5. The van der Waals surface area contributed by atoms with Gasteiger partial charge < -0.3 is 29.7 Å². The summed E-state index contributed by atoms with van der Waals surface area (Å²) in [5.74, 6) is -0.363. The highest BCUT2D eigenvalue weighted by molar-refractivity contribution is 7.92. The Bertz CT molecular complexity index is 1950. The van der Waals surface area contributed by atoms with Crippen molar-refractivity contribution in [3.63, 3.8) is 0 Å². The molecule has 0 fully saturated rings. The quantitative estimate of drug-likeness (QED) is 0.179. The number of amides is 3. The van der Waals surface area contributed by atoms with Crippen LogP contribution >= 0.6 is 0 Å². The molecule has 0 bridgehead atoms. The van der Waals surface area contributed by atoms with Crippen LogP contribution in [-0.4, -0.2) is 86.9 Å². The highest BCUT2D eigenvalue weighted by Gasteiger charge is 2.31. The molecule has 3 amide bonds. The number of aliphatic hydroxyl groups is 1. The molecule has 0 radical (unpaired) electrons. The van der Waals surface area contributed by atoms with E-state index in [4.69, 9.17) is 9.47 Å². The zero-order valence-corrected chi connectivity index (χ0v) is 31.4. The number of nitrogens with zero attached hydrogens (tertiary/aromatic N) is 2. The predicted molar refractivity (Wildman–Crippen MR) is 204 cm³/mol. The van der Waals surface area contributed by atoms with Crippen molar-refractivity contribution < 1.29 is 32.6 Å². The molecule has 4 atom stereocenters. The van der Waals surface area contributed by atoms with E-state index < -0.39 is 28.1 Å². The Morgan fingerprint density at radius 2 is 1.75 bits per heavy atom. The summed E-state index contributed by atoms with van der Waals surface area (Å²) in [6, 6.07) is 23.9. The SMILES string of the molecule is Cc1ccc(S(=O)(=O)Nc2ccc3c(c2)C(=O)N([C@@H](C)CO)C[C@H](C)[C@H](CN(C)C(=O)Nc2cccc4ccccc24)OCCCC[C@@H](C)O3)cc1. The zero-order chi connectivity index (χ0) is 37.4. The second-order valence-electron chi connectivity index (χ2n) is 13.8. The molecule has 4 aromatic carbocycles. The number of carbonyl (C=O) groups is 2. The molecule has 3 N–H and O–H groups in total. The van der Waals surface area contributed by atoms with Crippen LogP contribution in [0.4, 0.5) is 16.2 Å². The van der Waals surface area contributed by atoms with Gasteiger partial charge in [-0.05, 0) is 81.8 Å². The highest BCUT2D eigenvalue weighted by Crippen LogP contribution is 2.30. The molecule has 0 aliphatic carbocycles. The number of hydrogen-bond donors (Lipinski definition) is 3. The Hall–Kier alpha value is -4.65. The second kappa shape index (κ2) is 17.2. The molecule has 0 spiro atoms. The fourth-order valence-corrected chi connectivity index (χ4v) is 7.33. The van der Waals surface area contributed by atoms with Crippen LogP contribution in [0.5, 0.6) is 5.75 Å². The number of rotatable bonds is 8. The molecule has 11 nitrogen and oxygen atoms in total. The number of nitrogens with one attached hydrogen (secondary N) is 2. The van der Waals surface area contributed by atoms with Crippen LogP contribution in [-0.2, 0) is 14.8 Å². The van der Waals surface area contributed by atoms with Crippen LogP contribution in [0.25, 0.3) is 10.8 Å². The Morgan fingerprint density at radius 1 is 1.02 bits per heavy atom. The molecule has 1 heterocycles. The van der Waals surface area contributed by atoms with Gasteiger partial charge in [-0.25, -0.2) is 13.2 Å². The van der Waals surface area contributed by atoms with Gasteiger partial charge in [-0.1, -0.05) is 61.0 Å². The van der Waals surface area contributed by atoms with Gasteiger partial charge in [0, 0.05) is 43.7 Å². The molecule has 12 heteroatoms. The van der Waals surface area contributed by atoms with Gasteiger partial charge in [0.15, 0.2) is 0 Å². The number of ether oxygens (including phenoxy) is 2. The van der Waals surface area contributed by atoms with E-state index in [1.807, 2.05) is 63.2 Å². The van der Waals surface area contributed by atoms with Gasteiger partial charge in [0.1, 0.15) is 5.75 Å². The summed E-state index contributed by atoms with van der Waals surface area (Å²) >= 11 is 0. The molecule has 0 saturated carbocycles. The molecule has 1 aliphatic rings. The lowest BCUT2D eigenvalue weighted by molar-refractivity contribution is -0.0115. The minimum Gasteiger partial charge on any atom is -0.490 e. The summed E-state index contributed by atoms with van der Waals surface area (Å²) in [6.07, 6.45) is 1.60. The lowest BCUT2D eigenvalue weighted by Gasteiger charge is -2.35. The summed E-state index contributed by atoms with van der Waals surface area (Å²) in [5.41, 5.74) is 2.01. The molecule has 0 saturated heterocycles. The molecule has 52 heavy (non-hydrogen) atoms. The summed E-state index contributed by atoms with van der Waals surface area (Å²) in [4.78, 5) is 31.2. The van der Waals surface area contributed by atoms with Gasteiger partial charge in [-0.2, -0.15) is 0 Å². The van der Waals surface area contributed by atoms with Gasteiger partial charge in [0.2, 0.25) is 0 Å². The third-order valence-corrected chi connectivity index (χ3v) is 10.9. The average molecular weight is 731 g/mol. The van der Waals surface area contributed by atoms with E-state index in [1.165, 1.54) is 18.2 Å². The Kier molecular flexibility index (Phi) is 12.8. The fraction of sp³-hybridized carbons (Fsp3) is 0.400. The lowest BCUT2D eigenvalue weighted by Crippen LogP contribution is -2.48. The standard InChI is InChI=1S/C40H50N4O7S/c1-27-16-19-33(20-17-27)52(48,49)42-32-18-21-37-35(23-32)39(46)44(29(3)26-45)24-28(2)38(50-22-9-8-11-30(4)51-37)25-43(5)40(47)41-36-15-10-13-31-12-6-7-14-34(31)36/h6-7,10,12-21,23,28-30,38,42,45H,8-9,11,22,24-26H2,1-5H3,(H,41,47)/t28-,29-,30+,38-/m0/s1. The summed E-state index contributed by atoms with van der Waals surface area (Å²) < 4.78 is 41.9. The van der Waals surface area contributed by atoms with Crippen molar-refractivity contribution in [1.82, 2.24) is 9.80 Å². The van der Waals surface area contributed by atoms with E-state index in [2.05, 4.69) is 10.0 Å². The van der Waals surface area contributed by atoms with Crippen LogP contribution in [0.15, 0.2) is 89.8 Å². The van der Waals surface area contributed by atoms with Crippen molar-refractivity contribution in [3.05, 3.63) is 96.1 Å². The van der Waals surface area contributed by atoms with Crippen molar-refractivity contribution in [2.45, 2.75) is 70.1 Å². The topological polar surface area (TPSA) is 138 Å². The molecule has 1 aliphatic heterocycles. The van der Waals surface area contributed by atoms with Crippen molar-refractivity contribution >= 4 is 44.1 Å². The third-order valence-electron chi connectivity index (χ3n) is 9.47. The van der Waals surface area contributed by atoms with E-state index in [0.29, 0.717) is 24.5 Å². The number of urea groups is 1.